The van der Waals surface area contributed by atoms with Gasteiger partial charge < -0.3 is 5.73 Å². The minimum Gasteiger partial charge on any atom is -0.398 e. The van der Waals surface area contributed by atoms with Crippen molar-refractivity contribution in [3.63, 3.8) is 0 Å². The van der Waals surface area contributed by atoms with E-state index in [2.05, 4.69) is 4.99 Å². The zero-order chi connectivity index (χ0) is 8.97. The van der Waals surface area contributed by atoms with Crippen molar-refractivity contribution in [2.75, 3.05) is 12.3 Å². The van der Waals surface area contributed by atoms with Gasteiger partial charge >= 0.3 is 0 Å². The van der Waals surface area contributed by atoms with Crippen LogP contribution in [0.1, 0.15) is 12.5 Å². The fourth-order valence-electron chi connectivity index (χ4n) is 0.847. The number of aliphatic imine (C=N–C) groups is 1. The van der Waals surface area contributed by atoms with Gasteiger partial charge in [0, 0.05) is 24.0 Å². The molecule has 0 amide bonds. The van der Waals surface area contributed by atoms with E-state index < -0.39 is 0 Å². The Morgan fingerprint density at radius 2 is 2.33 bits per heavy atom. The highest BCUT2D eigenvalue weighted by Gasteiger charge is 1.96. The van der Waals surface area contributed by atoms with E-state index >= 15 is 0 Å². The average molecular weight is 166 g/mol. The Kier molecular flexibility index (Phi) is 2.80. The molecule has 0 aliphatic heterocycles. The van der Waals surface area contributed by atoms with Crippen molar-refractivity contribution < 1.29 is 4.39 Å². The molecule has 0 atom stereocenters. The highest BCUT2D eigenvalue weighted by molar-refractivity contribution is 5.86. The summed E-state index contributed by atoms with van der Waals surface area (Å²) in [5.74, 6) is -0.290. The van der Waals surface area contributed by atoms with Crippen molar-refractivity contribution in [2.24, 2.45) is 4.99 Å². The zero-order valence-corrected chi connectivity index (χ0v) is 6.92. The molecule has 0 heterocycles. The minimum absolute atomic E-state index is 0.290. The molecule has 2 N–H and O–H groups in total. The van der Waals surface area contributed by atoms with Gasteiger partial charge in [0.25, 0.3) is 0 Å². The van der Waals surface area contributed by atoms with Crippen molar-refractivity contribution in [2.45, 2.75) is 6.92 Å². The predicted molar refractivity (Wildman–Crippen MR) is 48.9 cm³/mol. The number of nitrogens with two attached hydrogens (primary N) is 1. The van der Waals surface area contributed by atoms with Gasteiger partial charge in [-0.2, -0.15) is 0 Å². The minimum atomic E-state index is -0.290. The molecule has 0 radical (unpaired) electrons. The molecule has 0 aromatic heterocycles. The highest BCUT2D eigenvalue weighted by Crippen LogP contribution is 2.10. The second kappa shape index (κ2) is 3.85. The third-order valence-corrected chi connectivity index (χ3v) is 1.46. The Morgan fingerprint density at radius 1 is 1.58 bits per heavy atom. The molecule has 0 bridgehead atoms. The van der Waals surface area contributed by atoms with Gasteiger partial charge in [0.05, 0.1) is 0 Å². The van der Waals surface area contributed by atoms with Gasteiger partial charge in [-0.3, -0.25) is 4.99 Å². The van der Waals surface area contributed by atoms with Gasteiger partial charge in [0.2, 0.25) is 0 Å². The number of nitrogens with zero attached hydrogens (tertiary/aromatic N) is 1. The molecule has 64 valence electrons. The molecule has 0 saturated heterocycles. The van der Waals surface area contributed by atoms with Crippen molar-refractivity contribution in [1.29, 1.82) is 0 Å². The molecule has 12 heavy (non-hydrogen) atoms. The van der Waals surface area contributed by atoms with Crippen LogP contribution in [0.3, 0.4) is 0 Å². The average Bonchev–Trinajstić information content (AvgIpc) is 2.07. The summed E-state index contributed by atoms with van der Waals surface area (Å²) in [5, 5.41) is 0. The summed E-state index contributed by atoms with van der Waals surface area (Å²) in [6.45, 7) is 2.59. The van der Waals surface area contributed by atoms with Crippen molar-refractivity contribution in [3.8, 4) is 0 Å². The van der Waals surface area contributed by atoms with Crippen LogP contribution in [0.2, 0.25) is 0 Å². The number of hydrogen-bond acceptors (Lipinski definition) is 2. The topological polar surface area (TPSA) is 38.4 Å². The van der Waals surface area contributed by atoms with Crippen LogP contribution in [-0.2, 0) is 0 Å². The van der Waals surface area contributed by atoms with E-state index in [0.29, 0.717) is 17.8 Å². The molecule has 1 aromatic rings. The van der Waals surface area contributed by atoms with E-state index in [1.807, 2.05) is 6.92 Å². The van der Waals surface area contributed by atoms with Crippen LogP contribution < -0.4 is 5.73 Å². The molecule has 0 aliphatic carbocycles. The summed E-state index contributed by atoms with van der Waals surface area (Å²) in [4.78, 5) is 3.97. The first-order valence-electron chi connectivity index (χ1n) is 3.79. The first-order chi connectivity index (χ1) is 5.74. The van der Waals surface area contributed by atoms with Gasteiger partial charge in [-0.1, -0.05) is 0 Å². The van der Waals surface area contributed by atoms with E-state index in [1.165, 1.54) is 18.2 Å². The van der Waals surface area contributed by atoms with Crippen LogP contribution in [0, 0.1) is 5.82 Å². The highest BCUT2D eigenvalue weighted by atomic mass is 19.1. The standard InChI is InChI=1S/C9H11FN2/c1-2-12-6-7-5-8(10)3-4-9(7)11/h3-6H,2,11H2,1H3. The fraction of sp³-hybridized carbons (Fsp3) is 0.222. The lowest BCUT2D eigenvalue weighted by Crippen LogP contribution is -1.94. The Labute approximate surface area is 70.9 Å². The molecule has 0 saturated carbocycles. The predicted octanol–water partition coefficient (Wildman–Crippen LogP) is 1.85. The molecular formula is C9H11FN2. The molecule has 2 nitrogen and oxygen atoms in total. The molecular weight excluding hydrogens is 155 g/mol. The maximum Gasteiger partial charge on any atom is 0.124 e. The number of nitrogen functional groups attached to an aromatic ring is 1. The van der Waals surface area contributed by atoms with Crippen LogP contribution in [-0.4, -0.2) is 12.8 Å². The fourth-order valence-corrected chi connectivity index (χ4v) is 0.847. The summed E-state index contributed by atoms with van der Waals surface area (Å²) in [5.41, 5.74) is 6.76. The lowest BCUT2D eigenvalue weighted by Gasteiger charge is -1.98. The Balaban J connectivity index is 2.97. The van der Waals surface area contributed by atoms with E-state index in [4.69, 9.17) is 5.73 Å². The molecule has 1 aromatic carbocycles. The van der Waals surface area contributed by atoms with E-state index in [9.17, 15) is 4.39 Å². The largest absolute Gasteiger partial charge is 0.398 e. The van der Waals surface area contributed by atoms with Gasteiger partial charge in [-0.25, -0.2) is 4.39 Å². The normalized spacial score (nSPS) is 10.8. The maximum absolute atomic E-state index is 12.7. The summed E-state index contributed by atoms with van der Waals surface area (Å²) >= 11 is 0. The molecule has 0 aliphatic rings. The Bertz CT molecular complexity index is 295. The van der Waals surface area contributed by atoms with Crippen molar-refractivity contribution in [1.82, 2.24) is 0 Å². The van der Waals surface area contributed by atoms with E-state index in [-0.39, 0.29) is 5.82 Å². The molecule has 0 unspecified atom stereocenters. The number of benzene rings is 1. The van der Waals surface area contributed by atoms with Crippen LogP contribution in [0.15, 0.2) is 23.2 Å². The molecule has 0 fully saturated rings. The summed E-state index contributed by atoms with van der Waals surface area (Å²) in [6.07, 6.45) is 1.58. The molecule has 0 spiro atoms. The number of halogens is 1. The second-order valence-corrected chi connectivity index (χ2v) is 2.40. The van der Waals surface area contributed by atoms with Gasteiger partial charge in [0.15, 0.2) is 0 Å². The van der Waals surface area contributed by atoms with Crippen molar-refractivity contribution in [3.05, 3.63) is 29.6 Å². The first kappa shape index (κ1) is 8.71. The van der Waals surface area contributed by atoms with E-state index in [0.717, 1.165) is 0 Å². The van der Waals surface area contributed by atoms with Gasteiger partial charge in [-0.05, 0) is 25.1 Å². The second-order valence-electron chi connectivity index (χ2n) is 2.40. The smallest absolute Gasteiger partial charge is 0.124 e. The van der Waals surface area contributed by atoms with Gasteiger partial charge in [-0.15, -0.1) is 0 Å². The monoisotopic (exact) mass is 166 g/mol. The Morgan fingerprint density at radius 3 is 3.00 bits per heavy atom. The van der Waals surface area contributed by atoms with Crippen molar-refractivity contribution >= 4 is 11.9 Å². The van der Waals surface area contributed by atoms with Crippen LogP contribution >= 0.6 is 0 Å². The summed E-state index contributed by atoms with van der Waals surface area (Å²) < 4.78 is 12.7. The SMILES string of the molecule is CCN=Cc1cc(F)ccc1N. The molecule has 1 rings (SSSR count). The summed E-state index contributed by atoms with van der Waals surface area (Å²) in [6, 6.07) is 4.24. The third-order valence-electron chi connectivity index (χ3n) is 1.46. The quantitative estimate of drug-likeness (QED) is 0.528. The lowest BCUT2D eigenvalue weighted by atomic mass is 10.2. The lowest BCUT2D eigenvalue weighted by molar-refractivity contribution is 0.628. The van der Waals surface area contributed by atoms with E-state index in [1.54, 1.807) is 6.21 Å². The van der Waals surface area contributed by atoms with Crippen LogP contribution in [0.4, 0.5) is 10.1 Å². The third kappa shape index (κ3) is 2.05. The van der Waals surface area contributed by atoms with Crippen LogP contribution in [0.25, 0.3) is 0 Å². The number of hydrogen-bond donors (Lipinski definition) is 1. The summed E-state index contributed by atoms with van der Waals surface area (Å²) in [7, 11) is 0. The maximum atomic E-state index is 12.7. The zero-order valence-electron chi connectivity index (χ0n) is 6.92. The Hall–Kier alpha value is -1.38. The molecule has 3 heteroatoms. The van der Waals surface area contributed by atoms with Crippen LogP contribution in [0.5, 0.6) is 0 Å². The van der Waals surface area contributed by atoms with Gasteiger partial charge in [0.1, 0.15) is 5.82 Å². The first-order valence-corrected chi connectivity index (χ1v) is 3.79. The number of rotatable bonds is 2. The number of anilines is 1.